The number of carbonyl (C=O) groups is 1. The number of pyridine rings is 1. The molecule has 0 radical (unpaired) electrons. The van der Waals surface area contributed by atoms with Gasteiger partial charge in [-0.15, -0.1) is 4.52 Å². The maximum Gasteiger partial charge on any atom is 0.534 e. The first-order chi connectivity index (χ1) is 17.5. The maximum atomic E-state index is 14.0. The Morgan fingerprint density at radius 1 is 1.16 bits per heavy atom. The van der Waals surface area contributed by atoms with Crippen LogP contribution in [-0.2, 0) is 25.9 Å². The first-order valence-corrected chi connectivity index (χ1v) is 13.1. The van der Waals surface area contributed by atoms with E-state index in [0.717, 1.165) is 24.3 Å². The van der Waals surface area contributed by atoms with E-state index in [1.54, 1.807) is 12.1 Å². The number of hydrogen-bond acceptors (Lipinski definition) is 5. The molecule has 0 aliphatic heterocycles. The third-order valence-electron chi connectivity index (χ3n) is 6.71. The van der Waals surface area contributed by atoms with E-state index in [0.29, 0.717) is 28.9 Å². The second-order valence-corrected chi connectivity index (χ2v) is 10.8. The van der Waals surface area contributed by atoms with Gasteiger partial charge in [0.15, 0.2) is 5.60 Å². The smallest absolute Gasteiger partial charge is 0.477 e. The van der Waals surface area contributed by atoms with E-state index in [2.05, 4.69) is 6.58 Å². The Balaban J connectivity index is 2.63. The topological polar surface area (TPSA) is 96.7 Å². The summed E-state index contributed by atoms with van der Waals surface area (Å²) in [7, 11) is -1.85. The molecule has 194 valence electrons. The minimum Gasteiger partial charge on any atom is -0.477 e. The zero-order chi connectivity index (χ0) is 27.5. The van der Waals surface area contributed by atoms with E-state index in [4.69, 9.17) is 9.51 Å². The molecule has 0 saturated carbocycles. The molecule has 0 fully saturated rings. The molecule has 1 heterocycles. The van der Waals surface area contributed by atoms with Crippen molar-refractivity contribution in [2.24, 2.45) is 0 Å². The molecule has 0 bridgehead atoms. The maximum absolute atomic E-state index is 14.0. The van der Waals surface area contributed by atoms with Gasteiger partial charge in [0.1, 0.15) is 5.82 Å². The van der Waals surface area contributed by atoms with Crippen LogP contribution in [0, 0.1) is 5.82 Å². The summed E-state index contributed by atoms with van der Waals surface area (Å²) in [5, 5.41) is 20.2. The zero-order valence-corrected chi connectivity index (χ0v) is 22.6. The molecule has 1 aromatic heterocycles. The quantitative estimate of drug-likeness (QED) is 0.223. The molecule has 2 aromatic carbocycles. The fourth-order valence-electron chi connectivity index (χ4n) is 4.83. The van der Waals surface area contributed by atoms with Crippen LogP contribution in [0.15, 0.2) is 67.3 Å². The Kier molecular flexibility index (Phi) is 8.43. The van der Waals surface area contributed by atoms with Crippen LogP contribution in [0.1, 0.15) is 50.4 Å². The minimum atomic E-state index is -2.97. The molecule has 3 aromatic rings. The van der Waals surface area contributed by atoms with E-state index in [1.165, 1.54) is 19.1 Å². The number of aliphatic hydroxyl groups is 1. The van der Waals surface area contributed by atoms with Crippen molar-refractivity contribution < 1.29 is 28.5 Å². The van der Waals surface area contributed by atoms with Gasteiger partial charge >= 0.3 is 19.2 Å². The van der Waals surface area contributed by atoms with Crippen molar-refractivity contribution in [2.45, 2.75) is 50.8 Å². The highest BCUT2D eigenvalue weighted by molar-refractivity contribution is 7.43. The van der Waals surface area contributed by atoms with E-state index in [-0.39, 0.29) is 11.5 Å². The van der Waals surface area contributed by atoms with E-state index in [9.17, 15) is 24.0 Å². The fraction of sp³-hybridized carbons (Fsp3) is 0.310. The van der Waals surface area contributed by atoms with Crippen molar-refractivity contribution >= 4 is 14.0 Å². The van der Waals surface area contributed by atoms with Gasteiger partial charge in [-0.2, -0.15) is 0 Å². The summed E-state index contributed by atoms with van der Waals surface area (Å²) in [6, 6.07) is 15.3. The van der Waals surface area contributed by atoms with Crippen molar-refractivity contribution in [3.63, 3.8) is 0 Å². The van der Waals surface area contributed by atoms with Gasteiger partial charge in [-0.25, -0.2) is 9.18 Å². The third-order valence-corrected chi connectivity index (χ3v) is 8.43. The van der Waals surface area contributed by atoms with Gasteiger partial charge in [0.25, 0.3) is 0 Å². The molecule has 0 amide bonds. The van der Waals surface area contributed by atoms with Crippen molar-refractivity contribution in [1.82, 2.24) is 4.98 Å². The summed E-state index contributed by atoms with van der Waals surface area (Å²) >= 11 is 0. The standard InChI is InChI=1S/C29H31FNO5P/c1-7-22-23(19-14-16-21(30)17-15-19)24(28(5,34)29(8-2,27(32)33)37(35)36-6)25(18(3)4)31-26(22)20-12-10-9-11-13-20/h8-18,34H,2,7H2,1,3-6H3/p+1. The largest absolute Gasteiger partial charge is 0.534 e. The van der Waals surface area contributed by atoms with Crippen LogP contribution in [0.4, 0.5) is 4.39 Å². The van der Waals surface area contributed by atoms with Gasteiger partial charge in [-0.3, -0.25) is 4.98 Å². The number of aliphatic carboxylic acids is 1. The van der Waals surface area contributed by atoms with Crippen molar-refractivity contribution in [3.05, 3.63) is 89.9 Å². The number of halogens is 1. The molecule has 3 rings (SSSR count). The molecule has 2 N–H and O–H groups in total. The Hall–Kier alpha value is -3.25. The monoisotopic (exact) mass is 524 g/mol. The molecule has 3 unspecified atom stereocenters. The van der Waals surface area contributed by atoms with Crippen molar-refractivity contribution in [2.75, 3.05) is 7.11 Å². The molecule has 37 heavy (non-hydrogen) atoms. The molecule has 3 atom stereocenters. The second-order valence-electron chi connectivity index (χ2n) is 9.24. The number of benzene rings is 2. The summed E-state index contributed by atoms with van der Waals surface area (Å²) in [5.74, 6) is -2.27. The molecular weight excluding hydrogens is 492 g/mol. The van der Waals surface area contributed by atoms with Crippen LogP contribution in [0.5, 0.6) is 0 Å². The van der Waals surface area contributed by atoms with Crippen LogP contribution in [0.2, 0.25) is 0 Å². The fourth-order valence-corrected chi connectivity index (χ4v) is 5.89. The first kappa shape index (κ1) is 28.3. The highest BCUT2D eigenvalue weighted by Gasteiger charge is 2.69. The van der Waals surface area contributed by atoms with Gasteiger partial charge in [-0.1, -0.05) is 69.8 Å². The Morgan fingerprint density at radius 3 is 2.22 bits per heavy atom. The summed E-state index contributed by atoms with van der Waals surface area (Å²) in [6.45, 7) is 10.6. The van der Waals surface area contributed by atoms with Gasteiger partial charge in [0, 0.05) is 11.1 Å². The Morgan fingerprint density at radius 2 is 1.76 bits per heavy atom. The average molecular weight is 525 g/mol. The summed E-state index contributed by atoms with van der Waals surface area (Å²) < 4.78 is 32.2. The van der Waals surface area contributed by atoms with E-state index < -0.39 is 30.6 Å². The second kappa shape index (κ2) is 11.0. The number of hydrogen-bond donors (Lipinski definition) is 2. The van der Waals surface area contributed by atoms with Gasteiger partial charge < -0.3 is 10.2 Å². The van der Waals surface area contributed by atoms with E-state index in [1.807, 2.05) is 51.1 Å². The lowest BCUT2D eigenvalue weighted by molar-refractivity contribution is -0.146. The minimum absolute atomic E-state index is 0.188. The number of carboxylic acids is 1. The first-order valence-electron chi connectivity index (χ1n) is 12.0. The van der Waals surface area contributed by atoms with E-state index >= 15 is 0 Å². The third kappa shape index (κ3) is 4.75. The number of carboxylic acid groups (broad SMARTS) is 1. The number of rotatable bonds is 10. The van der Waals surface area contributed by atoms with Crippen LogP contribution in [0.3, 0.4) is 0 Å². The molecule has 0 aliphatic carbocycles. The SMILES string of the molecule is C=CC(C(=O)O)([P+](=O)OC)C(C)(O)c1c(C(C)C)nc(-c2ccccc2)c(CC)c1-c1ccc(F)cc1. The molecule has 6 nitrogen and oxygen atoms in total. The molecule has 0 spiro atoms. The lowest BCUT2D eigenvalue weighted by Crippen LogP contribution is -2.52. The molecule has 0 aliphatic rings. The Labute approximate surface area is 217 Å². The highest BCUT2D eigenvalue weighted by Crippen LogP contribution is 2.56. The molecular formula is C29H32FNO5P+. The lowest BCUT2D eigenvalue weighted by Gasteiger charge is -2.36. The van der Waals surface area contributed by atoms with Crippen LogP contribution in [-0.4, -0.2) is 33.4 Å². The summed E-state index contributed by atoms with van der Waals surface area (Å²) in [5.41, 5.74) is 1.63. The predicted molar refractivity (Wildman–Crippen MR) is 143 cm³/mol. The molecule has 0 saturated heterocycles. The Bertz CT molecular complexity index is 1320. The average Bonchev–Trinajstić information content (AvgIpc) is 2.88. The number of nitrogens with zero attached hydrogens (tertiary/aromatic N) is 1. The predicted octanol–water partition coefficient (Wildman–Crippen LogP) is 6.85. The van der Waals surface area contributed by atoms with Crippen molar-refractivity contribution in [3.8, 4) is 22.4 Å². The zero-order valence-electron chi connectivity index (χ0n) is 21.7. The molecule has 8 heteroatoms. The van der Waals surface area contributed by atoms with Gasteiger partial charge in [0.2, 0.25) is 0 Å². The summed E-state index contributed by atoms with van der Waals surface area (Å²) in [6.07, 6.45) is 1.43. The normalized spacial score (nSPS) is 15.1. The van der Waals surface area contributed by atoms with Gasteiger partial charge in [0.05, 0.1) is 18.5 Å². The lowest BCUT2D eigenvalue weighted by atomic mass is 9.74. The van der Waals surface area contributed by atoms with Crippen LogP contribution in [0.25, 0.3) is 22.4 Å². The van der Waals surface area contributed by atoms with Crippen LogP contribution >= 0.6 is 8.03 Å². The van der Waals surface area contributed by atoms with Crippen LogP contribution < -0.4 is 0 Å². The van der Waals surface area contributed by atoms with Crippen molar-refractivity contribution in [1.29, 1.82) is 0 Å². The highest BCUT2D eigenvalue weighted by atomic mass is 31.1. The number of aromatic nitrogens is 1. The summed E-state index contributed by atoms with van der Waals surface area (Å²) in [4.78, 5) is 17.7. The van der Waals surface area contributed by atoms with Gasteiger partial charge in [-0.05, 0) is 58.7 Å².